The Labute approximate surface area is 196 Å². The average molecular weight is 464 g/mol. The highest BCUT2D eigenvalue weighted by molar-refractivity contribution is 7.92. The van der Waals surface area contributed by atoms with Crippen LogP contribution in [-0.4, -0.2) is 52.5 Å². The summed E-state index contributed by atoms with van der Waals surface area (Å²) in [5.41, 5.74) is 4.48. The Morgan fingerprint density at radius 1 is 0.818 bits per heavy atom. The molecule has 0 aliphatic carbocycles. The molecule has 0 atom stereocenters. The highest BCUT2D eigenvalue weighted by Gasteiger charge is 2.24. The lowest BCUT2D eigenvalue weighted by Crippen LogP contribution is -2.48. The van der Waals surface area contributed by atoms with E-state index in [1.165, 1.54) is 22.6 Å². The molecule has 1 amide bonds. The van der Waals surface area contributed by atoms with E-state index in [0.29, 0.717) is 24.3 Å². The van der Waals surface area contributed by atoms with Crippen LogP contribution in [0.25, 0.3) is 0 Å². The first kappa shape index (κ1) is 22.9. The van der Waals surface area contributed by atoms with Crippen LogP contribution in [0.4, 0.5) is 11.4 Å². The second kappa shape index (κ2) is 9.27. The lowest BCUT2D eigenvalue weighted by atomic mass is 10.1. The van der Waals surface area contributed by atoms with Crippen molar-refractivity contribution in [2.45, 2.75) is 18.7 Å². The van der Waals surface area contributed by atoms with Gasteiger partial charge in [-0.15, -0.1) is 0 Å². The maximum Gasteiger partial charge on any atom is 0.264 e. The minimum atomic E-state index is -3.67. The number of hydrogen-bond donors (Lipinski definition) is 0. The summed E-state index contributed by atoms with van der Waals surface area (Å²) in [7, 11) is -2.14. The van der Waals surface area contributed by atoms with Crippen molar-refractivity contribution in [3.05, 3.63) is 89.5 Å². The first-order chi connectivity index (χ1) is 15.8. The van der Waals surface area contributed by atoms with Crippen molar-refractivity contribution in [3.8, 4) is 0 Å². The molecule has 7 heteroatoms. The number of benzene rings is 3. The van der Waals surface area contributed by atoms with E-state index >= 15 is 0 Å². The maximum atomic E-state index is 13.0. The van der Waals surface area contributed by atoms with Crippen molar-refractivity contribution < 1.29 is 13.2 Å². The number of hydrogen-bond acceptors (Lipinski definition) is 4. The van der Waals surface area contributed by atoms with Crippen LogP contribution in [0.1, 0.15) is 21.5 Å². The van der Waals surface area contributed by atoms with Gasteiger partial charge in [0.25, 0.3) is 15.9 Å². The Morgan fingerprint density at radius 2 is 1.45 bits per heavy atom. The molecule has 0 saturated carbocycles. The molecule has 0 bridgehead atoms. The third-order valence-electron chi connectivity index (χ3n) is 6.09. The van der Waals surface area contributed by atoms with Crippen LogP contribution >= 0.6 is 0 Å². The molecular formula is C26H29N3O3S. The second-order valence-electron chi connectivity index (χ2n) is 8.45. The molecule has 4 rings (SSSR count). The van der Waals surface area contributed by atoms with Crippen molar-refractivity contribution in [3.63, 3.8) is 0 Å². The molecule has 6 nitrogen and oxygen atoms in total. The summed E-state index contributed by atoms with van der Waals surface area (Å²) in [4.78, 5) is 17.4. The number of anilines is 2. The fourth-order valence-corrected chi connectivity index (χ4v) is 5.19. The van der Waals surface area contributed by atoms with E-state index in [1.54, 1.807) is 48.5 Å². The number of sulfonamides is 1. The van der Waals surface area contributed by atoms with E-state index in [-0.39, 0.29) is 10.8 Å². The minimum Gasteiger partial charge on any atom is -0.368 e. The van der Waals surface area contributed by atoms with Gasteiger partial charge in [-0.25, -0.2) is 8.42 Å². The van der Waals surface area contributed by atoms with Crippen LogP contribution in [-0.2, 0) is 10.0 Å². The molecule has 0 unspecified atom stereocenters. The van der Waals surface area contributed by atoms with E-state index in [2.05, 4.69) is 36.1 Å². The van der Waals surface area contributed by atoms with E-state index in [4.69, 9.17) is 0 Å². The van der Waals surface area contributed by atoms with E-state index in [9.17, 15) is 13.2 Å². The number of carbonyl (C=O) groups excluding carboxylic acids is 1. The number of nitrogens with zero attached hydrogens (tertiary/aromatic N) is 3. The quantitative estimate of drug-likeness (QED) is 0.572. The summed E-state index contributed by atoms with van der Waals surface area (Å²) < 4.78 is 27.1. The molecule has 1 fully saturated rings. The standard InChI is InChI=1S/C26H29N3O3S/c1-20-7-13-25(14-8-20)33(31,32)27(3)23-11-9-22(10-12-23)26(30)29-17-15-28(16-18-29)24-6-4-5-21(2)19-24/h4-14,19H,15-18H2,1-3H3. The second-order valence-corrected chi connectivity index (χ2v) is 10.4. The highest BCUT2D eigenvalue weighted by atomic mass is 32.2. The van der Waals surface area contributed by atoms with Crippen LogP contribution in [0.15, 0.2) is 77.7 Å². The van der Waals surface area contributed by atoms with E-state index in [0.717, 1.165) is 18.7 Å². The molecule has 33 heavy (non-hydrogen) atoms. The predicted octanol–water partition coefficient (Wildman–Crippen LogP) is 4.09. The SMILES string of the molecule is Cc1ccc(S(=O)(=O)N(C)c2ccc(C(=O)N3CCN(c4cccc(C)c4)CC3)cc2)cc1. The average Bonchev–Trinajstić information content (AvgIpc) is 2.83. The van der Waals surface area contributed by atoms with Gasteiger partial charge in [-0.2, -0.15) is 0 Å². The third kappa shape index (κ3) is 4.88. The number of piperazine rings is 1. The van der Waals surface area contributed by atoms with Gasteiger partial charge < -0.3 is 9.80 Å². The normalized spacial score (nSPS) is 14.3. The van der Waals surface area contributed by atoms with Crippen molar-refractivity contribution in [2.75, 3.05) is 42.4 Å². The van der Waals surface area contributed by atoms with Gasteiger partial charge in [0.1, 0.15) is 0 Å². The topological polar surface area (TPSA) is 60.9 Å². The molecule has 1 aliphatic heterocycles. The molecule has 172 valence electrons. The Kier molecular flexibility index (Phi) is 6.42. The Bertz CT molecular complexity index is 1230. The number of rotatable bonds is 5. The summed E-state index contributed by atoms with van der Waals surface area (Å²) in [6, 6.07) is 21.9. The molecule has 1 aliphatic rings. The Morgan fingerprint density at radius 3 is 2.06 bits per heavy atom. The zero-order valence-corrected chi connectivity index (χ0v) is 20.0. The Balaban J connectivity index is 1.42. The van der Waals surface area contributed by atoms with Crippen LogP contribution in [0.2, 0.25) is 0 Å². The fourth-order valence-electron chi connectivity index (χ4n) is 4.00. The molecule has 0 N–H and O–H groups in total. The van der Waals surface area contributed by atoms with Gasteiger partial charge >= 0.3 is 0 Å². The van der Waals surface area contributed by atoms with Gasteiger partial charge in [0.2, 0.25) is 0 Å². The number of amides is 1. The van der Waals surface area contributed by atoms with E-state index < -0.39 is 10.0 Å². The molecule has 1 heterocycles. The largest absolute Gasteiger partial charge is 0.368 e. The number of aryl methyl sites for hydroxylation is 2. The Hall–Kier alpha value is -3.32. The maximum absolute atomic E-state index is 13.0. The molecular weight excluding hydrogens is 434 g/mol. The van der Waals surface area contributed by atoms with Gasteiger partial charge in [0.05, 0.1) is 10.6 Å². The molecule has 3 aromatic rings. The van der Waals surface area contributed by atoms with E-state index in [1.807, 2.05) is 11.8 Å². The lowest BCUT2D eigenvalue weighted by Gasteiger charge is -2.36. The molecule has 1 saturated heterocycles. The van der Waals surface area contributed by atoms with Crippen LogP contribution in [0, 0.1) is 13.8 Å². The zero-order valence-electron chi connectivity index (χ0n) is 19.2. The van der Waals surface area contributed by atoms with Crippen molar-refractivity contribution >= 4 is 27.3 Å². The summed E-state index contributed by atoms with van der Waals surface area (Å²) in [5, 5.41) is 0. The van der Waals surface area contributed by atoms with Gasteiger partial charge in [-0.1, -0.05) is 29.8 Å². The molecule has 0 aromatic heterocycles. The first-order valence-corrected chi connectivity index (χ1v) is 12.5. The lowest BCUT2D eigenvalue weighted by molar-refractivity contribution is 0.0747. The first-order valence-electron chi connectivity index (χ1n) is 11.0. The summed E-state index contributed by atoms with van der Waals surface area (Å²) >= 11 is 0. The predicted molar refractivity (Wildman–Crippen MR) is 133 cm³/mol. The third-order valence-corrected chi connectivity index (χ3v) is 7.89. The molecule has 0 spiro atoms. The summed E-state index contributed by atoms with van der Waals surface area (Å²) in [6.45, 7) is 6.86. The summed E-state index contributed by atoms with van der Waals surface area (Å²) in [5.74, 6) is -0.0329. The van der Waals surface area contributed by atoms with Gasteiger partial charge in [-0.3, -0.25) is 9.10 Å². The fraction of sp³-hybridized carbons (Fsp3) is 0.269. The molecule has 0 radical (unpaired) electrons. The van der Waals surface area contributed by atoms with Gasteiger partial charge in [-0.05, 0) is 67.9 Å². The molecule has 3 aromatic carbocycles. The van der Waals surface area contributed by atoms with Crippen LogP contribution < -0.4 is 9.21 Å². The highest BCUT2D eigenvalue weighted by Crippen LogP contribution is 2.24. The summed E-state index contributed by atoms with van der Waals surface area (Å²) in [6.07, 6.45) is 0. The number of carbonyl (C=O) groups is 1. The minimum absolute atomic E-state index is 0.0329. The van der Waals surface area contributed by atoms with Crippen molar-refractivity contribution in [1.29, 1.82) is 0 Å². The zero-order chi connectivity index (χ0) is 23.6. The van der Waals surface area contributed by atoms with Crippen LogP contribution in [0.5, 0.6) is 0 Å². The van der Waals surface area contributed by atoms with Gasteiger partial charge in [0, 0.05) is 44.5 Å². The van der Waals surface area contributed by atoms with Crippen molar-refractivity contribution in [2.24, 2.45) is 0 Å². The smallest absolute Gasteiger partial charge is 0.264 e. The van der Waals surface area contributed by atoms with Crippen molar-refractivity contribution in [1.82, 2.24) is 4.90 Å². The van der Waals surface area contributed by atoms with Crippen LogP contribution in [0.3, 0.4) is 0 Å². The van der Waals surface area contributed by atoms with Gasteiger partial charge in [0.15, 0.2) is 0 Å². The monoisotopic (exact) mass is 463 g/mol.